The molecule has 0 radical (unpaired) electrons. The fraction of sp³-hybridized carbons (Fsp3) is 0.192. The summed E-state index contributed by atoms with van der Waals surface area (Å²) in [6.07, 6.45) is 1.24. The highest BCUT2D eigenvalue weighted by molar-refractivity contribution is 8.09. The summed E-state index contributed by atoms with van der Waals surface area (Å²) >= 11 is 1.52. The van der Waals surface area contributed by atoms with Crippen molar-refractivity contribution < 1.29 is 17.6 Å². The van der Waals surface area contributed by atoms with Crippen LogP contribution in [0.2, 0.25) is 0 Å². The SMILES string of the molecule is NC1SC(c2ccc3cnccc3c2)=C(c2ccco2)N1C[C@H](N)Cc1ccc(C(F)(F)F)cc1. The molecular formula is C26H23F3N4OS. The molecule has 3 heterocycles. The molecule has 0 fully saturated rings. The molecule has 2 atom stereocenters. The van der Waals surface area contributed by atoms with E-state index in [4.69, 9.17) is 15.9 Å². The van der Waals surface area contributed by atoms with Gasteiger partial charge in [0.05, 0.1) is 17.5 Å². The Kier molecular flexibility index (Phi) is 6.31. The van der Waals surface area contributed by atoms with Gasteiger partial charge in [0.1, 0.15) is 5.50 Å². The minimum Gasteiger partial charge on any atom is -0.463 e. The van der Waals surface area contributed by atoms with Gasteiger partial charge in [0.2, 0.25) is 0 Å². The molecular weight excluding hydrogens is 473 g/mol. The van der Waals surface area contributed by atoms with Crippen LogP contribution in [0.3, 0.4) is 0 Å². The zero-order valence-corrected chi connectivity index (χ0v) is 19.4. The van der Waals surface area contributed by atoms with Crippen molar-refractivity contribution in [3.05, 3.63) is 102 Å². The first kappa shape index (κ1) is 23.5. The Hall–Kier alpha value is -3.27. The first-order chi connectivity index (χ1) is 16.8. The molecule has 0 aliphatic carbocycles. The third-order valence-corrected chi connectivity index (χ3v) is 7.08. The van der Waals surface area contributed by atoms with Crippen molar-refractivity contribution in [2.24, 2.45) is 11.5 Å². The third-order valence-electron chi connectivity index (χ3n) is 5.92. The van der Waals surface area contributed by atoms with Gasteiger partial charge in [-0.2, -0.15) is 13.2 Å². The van der Waals surface area contributed by atoms with Gasteiger partial charge in [-0.25, -0.2) is 0 Å². The van der Waals surface area contributed by atoms with Gasteiger partial charge in [-0.3, -0.25) is 4.98 Å². The quantitative estimate of drug-likeness (QED) is 0.365. The van der Waals surface area contributed by atoms with Crippen LogP contribution in [0.1, 0.15) is 22.5 Å². The zero-order valence-electron chi connectivity index (χ0n) is 18.6. The second-order valence-corrected chi connectivity index (χ2v) is 9.54. The van der Waals surface area contributed by atoms with E-state index in [1.807, 2.05) is 41.4 Å². The Labute approximate surface area is 204 Å². The lowest BCUT2D eigenvalue weighted by molar-refractivity contribution is -0.137. The van der Waals surface area contributed by atoms with E-state index in [-0.39, 0.29) is 6.04 Å². The number of hydrogen-bond acceptors (Lipinski definition) is 6. The molecule has 0 saturated heterocycles. The maximum atomic E-state index is 12.9. The summed E-state index contributed by atoms with van der Waals surface area (Å²) in [7, 11) is 0. The molecule has 5 rings (SSSR count). The third kappa shape index (κ3) is 4.93. The Morgan fingerprint density at radius 1 is 1.06 bits per heavy atom. The van der Waals surface area contributed by atoms with Crippen LogP contribution in [0.15, 0.2) is 83.7 Å². The number of aromatic nitrogens is 1. The summed E-state index contributed by atoms with van der Waals surface area (Å²) in [4.78, 5) is 7.16. The molecule has 0 bridgehead atoms. The molecule has 4 aromatic rings. The topological polar surface area (TPSA) is 81.3 Å². The molecule has 1 unspecified atom stereocenters. The molecule has 9 heteroatoms. The van der Waals surface area contributed by atoms with Gasteiger partial charge in [0.15, 0.2) is 5.76 Å². The van der Waals surface area contributed by atoms with E-state index in [2.05, 4.69) is 11.1 Å². The number of nitrogens with two attached hydrogens (primary N) is 2. The molecule has 1 aliphatic rings. The predicted molar refractivity (Wildman–Crippen MR) is 133 cm³/mol. The smallest absolute Gasteiger partial charge is 0.416 e. The lowest BCUT2D eigenvalue weighted by Crippen LogP contribution is -2.43. The minimum absolute atomic E-state index is 0.356. The summed E-state index contributed by atoms with van der Waals surface area (Å²) in [6.45, 7) is 0.409. The van der Waals surface area contributed by atoms with Gasteiger partial charge in [-0.1, -0.05) is 36.0 Å². The number of nitrogens with zero attached hydrogens (tertiary/aromatic N) is 2. The van der Waals surface area contributed by atoms with Crippen LogP contribution in [0, 0.1) is 0 Å². The Morgan fingerprint density at radius 2 is 1.86 bits per heavy atom. The van der Waals surface area contributed by atoms with E-state index < -0.39 is 17.2 Å². The first-order valence-corrected chi connectivity index (χ1v) is 11.9. The van der Waals surface area contributed by atoms with Crippen molar-refractivity contribution in [1.29, 1.82) is 0 Å². The lowest BCUT2D eigenvalue weighted by atomic mass is 10.0. The number of hydrogen-bond donors (Lipinski definition) is 2. The molecule has 180 valence electrons. The van der Waals surface area contributed by atoms with Crippen molar-refractivity contribution >= 4 is 33.1 Å². The van der Waals surface area contributed by atoms with Crippen LogP contribution in [0.25, 0.3) is 21.4 Å². The summed E-state index contributed by atoms with van der Waals surface area (Å²) < 4.78 is 44.4. The van der Waals surface area contributed by atoms with Gasteiger partial charge in [-0.05, 0) is 59.3 Å². The fourth-order valence-electron chi connectivity index (χ4n) is 4.24. The standard InChI is InChI=1S/C26H23F3N4OS/c27-26(28,29)20-7-3-16(4-8-20)12-21(30)15-33-23(22-2-1-11-34-22)24(35-25(33)31)18-5-6-19-14-32-10-9-17(19)13-18/h1-11,13-14,21,25H,12,15,30-31H2/t21-,25?/m1/s1. The number of benzene rings is 2. The zero-order chi connectivity index (χ0) is 24.6. The largest absolute Gasteiger partial charge is 0.463 e. The van der Waals surface area contributed by atoms with E-state index in [0.29, 0.717) is 18.7 Å². The van der Waals surface area contributed by atoms with Gasteiger partial charge < -0.3 is 20.8 Å². The monoisotopic (exact) mass is 496 g/mol. The second-order valence-electron chi connectivity index (χ2n) is 8.41. The number of pyridine rings is 1. The number of fused-ring (bicyclic) bond motifs is 1. The van der Waals surface area contributed by atoms with Crippen LogP contribution in [0.5, 0.6) is 0 Å². The van der Waals surface area contributed by atoms with Gasteiger partial charge >= 0.3 is 6.18 Å². The van der Waals surface area contributed by atoms with E-state index in [9.17, 15) is 13.2 Å². The van der Waals surface area contributed by atoms with E-state index in [1.54, 1.807) is 12.5 Å². The lowest BCUT2D eigenvalue weighted by Gasteiger charge is -2.28. The summed E-state index contributed by atoms with van der Waals surface area (Å²) in [5, 5.41) is 2.11. The van der Waals surface area contributed by atoms with Crippen LogP contribution < -0.4 is 11.5 Å². The summed E-state index contributed by atoms with van der Waals surface area (Å²) in [5.74, 6) is 0.678. The van der Waals surface area contributed by atoms with E-state index in [0.717, 1.165) is 44.6 Å². The summed E-state index contributed by atoms with van der Waals surface area (Å²) in [5.41, 5.74) is 14.5. The normalized spacial score (nSPS) is 17.4. The second kappa shape index (κ2) is 9.41. The summed E-state index contributed by atoms with van der Waals surface area (Å²) in [6, 6.07) is 16.6. The highest BCUT2D eigenvalue weighted by Crippen LogP contribution is 2.47. The van der Waals surface area contributed by atoms with Crippen LogP contribution >= 0.6 is 11.8 Å². The number of alkyl halides is 3. The van der Waals surface area contributed by atoms with Crippen molar-refractivity contribution in [2.45, 2.75) is 24.1 Å². The molecule has 2 aromatic heterocycles. The van der Waals surface area contributed by atoms with Gasteiger partial charge in [-0.15, -0.1) is 0 Å². The molecule has 1 aliphatic heterocycles. The Bertz CT molecular complexity index is 1350. The maximum absolute atomic E-state index is 12.9. The van der Waals surface area contributed by atoms with Gasteiger partial charge in [0.25, 0.3) is 0 Å². The molecule has 35 heavy (non-hydrogen) atoms. The Balaban J connectivity index is 1.43. The van der Waals surface area contributed by atoms with Crippen molar-refractivity contribution in [3.63, 3.8) is 0 Å². The molecule has 5 nitrogen and oxygen atoms in total. The highest BCUT2D eigenvalue weighted by Gasteiger charge is 2.34. The average Bonchev–Trinajstić information content (AvgIpc) is 3.47. The highest BCUT2D eigenvalue weighted by atomic mass is 32.2. The van der Waals surface area contributed by atoms with Crippen molar-refractivity contribution in [1.82, 2.24) is 9.88 Å². The van der Waals surface area contributed by atoms with Crippen molar-refractivity contribution in [3.8, 4) is 0 Å². The molecule has 0 amide bonds. The van der Waals surface area contributed by atoms with Gasteiger partial charge in [0, 0.05) is 35.3 Å². The first-order valence-electron chi connectivity index (χ1n) is 11.0. The maximum Gasteiger partial charge on any atom is 0.416 e. The number of furan rings is 1. The van der Waals surface area contributed by atoms with Crippen LogP contribution in [-0.2, 0) is 12.6 Å². The molecule has 2 aromatic carbocycles. The number of rotatable bonds is 6. The molecule has 0 saturated carbocycles. The van der Waals surface area contributed by atoms with E-state index in [1.165, 1.54) is 23.9 Å². The Morgan fingerprint density at radius 3 is 2.57 bits per heavy atom. The van der Waals surface area contributed by atoms with Crippen molar-refractivity contribution in [2.75, 3.05) is 6.54 Å². The number of halogens is 3. The van der Waals surface area contributed by atoms with Crippen LogP contribution in [-0.4, -0.2) is 28.0 Å². The van der Waals surface area contributed by atoms with E-state index >= 15 is 0 Å². The van der Waals surface area contributed by atoms with Crippen LogP contribution in [0.4, 0.5) is 13.2 Å². The minimum atomic E-state index is -4.36. The average molecular weight is 497 g/mol. The predicted octanol–water partition coefficient (Wildman–Crippen LogP) is 5.53. The number of thioether (sulfide) groups is 1. The molecule has 0 spiro atoms. The fourth-order valence-corrected chi connectivity index (χ4v) is 5.39. The molecule has 4 N–H and O–H groups in total.